The standard InChI is InChI=1S/C8H14N2O/c1-3-4-10-8(6-11)5-7(2)9-10/h5,11H,3-4,6H2,1-2H3. The van der Waals surface area contributed by atoms with Crippen molar-refractivity contribution in [3.05, 3.63) is 17.5 Å². The van der Waals surface area contributed by atoms with Crippen molar-refractivity contribution in [1.82, 2.24) is 9.78 Å². The zero-order valence-corrected chi connectivity index (χ0v) is 7.04. The van der Waals surface area contributed by atoms with E-state index in [9.17, 15) is 0 Å². The number of hydrogen-bond acceptors (Lipinski definition) is 2. The lowest BCUT2D eigenvalue weighted by molar-refractivity contribution is 0.267. The van der Waals surface area contributed by atoms with Gasteiger partial charge in [-0.1, -0.05) is 6.92 Å². The molecule has 0 aromatic carbocycles. The molecule has 0 aliphatic rings. The summed E-state index contributed by atoms with van der Waals surface area (Å²) in [5, 5.41) is 13.1. The number of nitrogens with zero attached hydrogens (tertiary/aromatic N) is 2. The van der Waals surface area contributed by atoms with E-state index >= 15 is 0 Å². The molecule has 3 heteroatoms. The van der Waals surface area contributed by atoms with Gasteiger partial charge in [0, 0.05) is 6.54 Å². The molecule has 1 heterocycles. The average Bonchev–Trinajstić information content (AvgIpc) is 2.32. The molecule has 0 aliphatic carbocycles. The Hall–Kier alpha value is -0.830. The Labute approximate surface area is 66.7 Å². The van der Waals surface area contributed by atoms with E-state index in [1.54, 1.807) is 0 Å². The molecule has 1 N–H and O–H groups in total. The molecule has 0 saturated heterocycles. The summed E-state index contributed by atoms with van der Waals surface area (Å²) in [5.74, 6) is 0. The maximum atomic E-state index is 8.90. The van der Waals surface area contributed by atoms with E-state index < -0.39 is 0 Å². The topological polar surface area (TPSA) is 38.0 Å². The number of aromatic nitrogens is 2. The van der Waals surface area contributed by atoms with Crippen LogP contribution in [-0.2, 0) is 13.2 Å². The number of rotatable bonds is 3. The summed E-state index contributed by atoms with van der Waals surface area (Å²) in [6, 6.07) is 1.91. The first-order valence-electron chi connectivity index (χ1n) is 3.92. The van der Waals surface area contributed by atoms with Gasteiger partial charge in [0.05, 0.1) is 18.0 Å². The largest absolute Gasteiger partial charge is 0.390 e. The van der Waals surface area contributed by atoms with Gasteiger partial charge in [-0.05, 0) is 19.4 Å². The first-order chi connectivity index (χ1) is 5.27. The minimum atomic E-state index is 0.0842. The smallest absolute Gasteiger partial charge is 0.0849 e. The lowest BCUT2D eigenvalue weighted by atomic mass is 10.4. The average molecular weight is 154 g/mol. The van der Waals surface area contributed by atoms with Gasteiger partial charge in [0.15, 0.2) is 0 Å². The highest BCUT2D eigenvalue weighted by Gasteiger charge is 2.01. The van der Waals surface area contributed by atoms with Crippen LogP contribution in [0, 0.1) is 6.92 Å². The van der Waals surface area contributed by atoms with Crippen molar-refractivity contribution < 1.29 is 5.11 Å². The zero-order valence-electron chi connectivity index (χ0n) is 7.04. The van der Waals surface area contributed by atoms with Crippen molar-refractivity contribution in [3.63, 3.8) is 0 Å². The van der Waals surface area contributed by atoms with Crippen molar-refractivity contribution >= 4 is 0 Å². The third-order valence-corrected chi connectivity index (χ3v) is 1.58. The second-order valence-corrected chi connectivity index (χ2v) is 2.66. The number of aliphatic hydroxyl groups is 1. The van der Waals surface area contributed by atoms with Crippen molar-refractivity contribution in [1.29, 1.82) is 0 Å². The van der Waals surface area contributed by atoms with Gasteiger partial charge in [-0.3, -0.25) is 4.68 Å². The molecule has 0 radical (unpaired) electrons. The molecule has 11 heavy (non-hydrogen) atoms. The Morgan fingerprint density at radius 2 is 2.36 bits per heavy atom. The third-order valence-electron chi connectivity index (χ3n) is 1.58. The van der Waals surface area contributed by atoms with Gasteiger partial charge in [0.25, 0.3) is 0 Å². The molecule has 3 nitrogen and oxygen atoms in total. The Morgan fingerprint density at radius 3 is 2.91 bits per heavy atom. The highest BCUT2D eigenvalue weighted by atomic mass is 16.3. The molecule has 0 spiro atoms. The van der Waals surface area contributed by atoms with Gasteiger partial charge >= 0.3 is 0 Å². The highest BCUT2D eigenvalue weighted by Crippen LogP contribution is 2.03. The normalized spacial score (nSPS) is 10.5. The van der Waals surface area contributed by atoms with Crippen molar-refractivity contribution in [3.8, 4) is 0 Å². The van der Waals surface area contributed by atoms with Crippen LogP contribution in [0.1, 0.15) is 24.7 Å². The fourth-order valence-electron chi connectivity index (χ4n) is 1.13. The Balaban J connectivity index is 2.83. The van der Waals surface area contributed by atoms with Gasteiger partial charge in [-0.25, -0.2) is 0 Å². The van der Waals surface area contributed by atoms with E-state index in [-0.39, 0.29) is 6.61 Å². The number of aryl methyl sites for hydroxylation is 2. The van der Waals surface area contributed by atoms with Crippen LogP contribution in [0.5, 0.6) is 0 Å². The maximum absolute atomic E-state index is 8.90. The lowest BCUT2D eigenvalue weighted by Gasteiger charge is -2.01. The lowest BCUT2D eigenvalue weighted by Crippen LogP contribution is -2.03. The third kappa shape index (κ3) is 1.80. The molecular formula is C8H14N2O. The molecule has 62 valence electrons. The molecule has 1 rings (SSSR count). The molecule has 0 amide bonds. The van der Waals surface area contributed by atoms with Crippen LogP contribution in [0.2, 0.25) is 0 Å². The Morgan fingerprint density at radius 1 is 1.64 bits per heavy atom. The molecule has 1 aromatic rings. The summed E-state index contributed by atoms with van der Waals surface area (Å²) in [4.78, 5) is 0. The van der Waals surface area contributed by atoms with E-state index in [2.05, 4.69) is 12.0 Å². The molecule has 0 bridgehead atoms. The summed E-state index contributed by atoms with van der Waals surface area (Å²) in [6.07, 6.45) is 1.05. The van der Waals surface area contributed by atoms with Crippen molar-refractivity contribution in [2.75, 3.05) is 0 Å². The van der Waals surface area contributed by atoms with E-state index in [0.717, 1.165) is 24.4 Å². The fourth-order valence-corrected chi connectivity index (χ4v) is 1.13. The minimum Gasteiger partial charge on any atom is -0.390 e. The highest BCUT2D eigenvalue weighted by molar-refractivity contribution is 5.07. The minimum absolute atomic E-state index is 0.0842. The molecule has 1 aromatic heterocycles. The van der Waals surface area contributed by atoms with Gasteiger partial charge in [0.1, 0.15) is 0 Å². The summed E-state index contributed by atoms with van der Waals surface area (Å²) in [7, 11) is 0. The van der Waals surface area contributed by atoms with E-state index in [4.69, 9.17) is 5.11 Å². The van der Waals surface area contributed by atoms with Crippen LogP contribution in [0.25, 0.3) is 0 Å². The van der Waals surface area contributed by atoms with Gasteiger partial charge in [-0.2, -0.15) is 5.10 Å². The van der Waals surface area contributed by atoms with Crippen LogP contribution in [0.15, 0.2) is 6.07 Å². The summed E-state index contributed by atoms with van der Waals surface area (Å²) in [5.41, 5.74) is 1.88. The van der Waals surface area contributed by atoms with Crippen LogP contribution >= 0.6 is 0 Å². The molecular weight excluding hydrogens is 140 g/mol. The second-order valence-electron chi connectivity index (χ2n) is 2.66. The molecule has 0 aliphatic heterocycles. The van der Waals surface area contributed by atoms with E-state index in [1.165, 1.54) is 0 Å². The zero-order chi connectivity index (χ0) is 8.27. The van der Waals surface area contributed by atoms with E-state index in [0.29, 0.717) is 0 Å². The predicted octanol–water partition coefficient (Wildman–Crippen LogP) is 1.09. The van der Waals surface area contributed by atoms with Crippen LogP contribution in [0.4, 0.5) is 0 Å². The second kappa shape index (κ2) is 3.53. The first kappa shape index (κ1) is 8.27. The quantitative estimate of drug-likeness (QED) is 0.707. The van der Waals surface area contributed by atoms with Crippen LogP contribution in [-0.4, -0.2) is 14.9 Å². The molecule has 0 saturated carbocycles. The van der Waals surface area contributed by atoms with Crippen molar-refractivity contribution in [2.24, 2.45) is 0 Å². The molecule has 0 fully saturated rings. The number of hydrogen-bond donors (Lipinski definition) is 1. The maximum Gasteiger partial charge on any atom is 0.0849 e. The number of aliphatic hydroxyl groups excluding tert-OH is 1. The summed E-state index contributed by atoms with van der Waals surface area (Å²) >= 11 is 0. The van der Waals surface area contributed by atoms with E-state index in [1.807, 2.05) is 17.7 Å². The van der Waals surface area contributed by atoms with Gasteiger partial charge in [-0.15, -0.1) is 0 Å². The predicted molar refractivity (Wildman–Crippen MR) is 43.2 cm³/mol. The Kier molecular flexibility index (Phi) is 2.65. The SMILES string of the molecule is CCCn1nc(C)cc1CO. The Bertz CT molecular complexity index is 230. The molecule has 0 unspecified atom stereocenters. The van der Waals surface area contributed by atoms with Gasteiger partial charge < -0.3 is 5.11 Å². The fraction of sp³-hybridized carbons (Fsp3) is 0.625. The van der Waals surface area contributed by atoms with Crippen LogP contribution in [0.3, 0.4) is 0 Å². The summed E-state index contributed by atoms with van der Waals surface area (Å²) in [6.45, 7) is 5.01. The first-order valence-corrected chi connectivity index (χ1v) is 3.92. The summed E-state index contributed by atoms with van der Waals surface area (Å²) < 4.78 is 1.86. The van der Waals surface area contributed by atoms with Crippen molar-refractivity contribution in [2.45, 2.75) is 33.4 Å². The monoisotopic (exact) mass is 154 g/mol. The van der Waals surface area contributed by atoms with Crippen LogP contribution < -0.4 is 0 Å². The molecule has 0 atom stereocenters. The van der Waals surface area contributed by atoms with Gasteiger partial charge in [0.2, 0.25) is 0 Å².